The highest BCUT2D eigenvalue weighted by atomic mass is 14.7. The number of hydrogen-bond donors (Lipinski definition) is 4. The molecule has 6 N–H and O–H groups in total. The van der Waals surface area contributed by atoms with Gasteiger partial charge in [0.05, 0.1) is 0 Å². The maximum atomic E-state index is 7.61. The minimum absolute atomic E-state index is 0.0958. The molecule has 2 aromatic carbocycles. The normalized spacial score (nSPS) is 11.4. The smallest absolute Gasteiger partial charge is 0.123 e. The molecule has 0 heterocycles. The molecule has 4 nitrogen and oxygen atoms in total. The van der Waals surface area contributed by atoms with E-state index in [4.69, 9.17) is 22.3 Å². The van der Waals surface area contributed by atoms with Gasteiger partial charge < -0.3 is 11.5 Å². The maximum absolute atomic E-state index is 7.61. The number of nitrogens with two attached hydrogens (primary N) is 2. The van der Waals surface area contributed by atoms with Crippen LogP contribution in [0.15, 0.2) is 48.5 Å². The van der Waals surface area contributed by atoms with Gasteiger partial charge in [-0.05, 0) is 22.4 Å². The molecule has 0 saturated heterocycles. The molecule has 0 unspecified atom stereocenters. The molecular formula is C14H14N4. The molecule has 0 amide bonds. The first-order chi connectivity index (χ1) is 8.59. The van der Waals surface area contributed by atoms with Gasteiger partial charge in [0.25, 0.3) is 0 Å². The molecule has 0 aliphatic carbocycles. The average molecular weight is 238 g/mol. The van der Waals surface area contributed by atoms with E-state index in [1.807, 2.05) is 42.5 Å². The van der Waals surface area contributed by atoms with Gasteiger partial charge in [0.15, 0.2) is 0 Å². The van der Waals surface area contributed by atoms with Crippen LogP contribution in [-0.4, -0.2) is 11.7 Å². The molecule has 0 aliphatic rings. The van der Waals surface area contributed by atoms with Crippen LogP contribution in [0, 0.1) is 10.8 Å². The number of fused-ring (bicyclic) bond motifs is 1. The highest BCUT2D eigenvalue weighted by molar-refractivity contribution is 6.26. The molecule has 0 fully saturated rings. The van der Waals surface area contributed by atoms with Crippen molar-refractivity contribution in [1.82, 2.24) is 0 Å². The summed E-state index contributed by atoms with van der Waals surface area (Å²) in [5.41, 5.74) is 12.2. The highest BCUT2D eigenvalue weighted by Crippen LogP contribution is 2.24. The van der Waals surface area contributed by atoms with Crippen LogP contribution >= 0.6 is 0 Å². The Morgan fingerprint density at radius 1 is 0.944 bits per heavy atom. The zero-order valence-corrected chi connectivity index (χ0v) is 9.77. The van der Waals surface area contributed by atoms with Gasteiger partial charge in [-0.3, -0.25) is 10.8 Å². The summed E-state index contributed by atoms with van der Waals surface area (Å²) in [5, 5.41) is 17.0. The van der Waals surface area contributed by atoms with Crippen molar-refractivity contribution in [2.45, 2.75) is 0 Å². The van der Waals surface area contributed by atoms with Crippen molar-refractivity contribution < 1.29 is 0 Å². The summed E-state index contributed by atoms with van der Waals surface area (Å²) in [6, 6.07) is 13.6. The van der Waals surface area contributed by atoms with Crippen molar-refractivity contribution in [2.75, 3.05) is 0 Å². The standard InChI is InChI=1S/C14H14N4/c15-13(16)8-12(14(17)18)11-7-3-5-9-4-1-2-6-10(9)11/h1-8H,(H3,15,16)(H3,17,18)/b12-8-. The minimum Gasteiger partial charge on any atom is -0.384 e. The average Bonchev–Trinajstić information content (AvgIpc) is 2.35. The summed E-state index contributed by atoms with van der Waals surface area (Å²) < 4.78 is 0. The van der Waals surface area contributed by atoms with Crippen LogP contribution in [0.2, 0.25) is 0 Å². The van der Waals surface area contributed by atoms with Gasteiger partial charge in [0, 0.05) is 5.57 Å². The predicted octanol–water partition coefficient (Wildman–Crippen LogP) is 2.10. The van der Waals surface area contributed by atoms with Crippen LogP contribution in [0.5, 0.6) is 0 Å². The van der Waals surface area contributed by atoms with E-state index < -0.39 is 0 Å². The van der Waals surface area contributed by atoms with Crippen LogP contribution in [-0.2, 0) is 0 Å². The zero-order chi connectivity index (χ0) is 13.1. The van der Waals surface area contributed by atoms with Crippen molar-refractivity contribution in [3.63, 3.8) is 0 Å². The topological polar surface area (TPSA) is 99.7 Å². The summed E-state index contributed by atoms with van der Waals surface area (Å²) in [6.07, 6.45) is 1.41. The highest BCUT2D eigenvalue weighted by Gasteiger charge is 2.09. The number of benzene rings is 2. The van der Waals surface area contributed by atoms with Crippen molar-refractivity contribution >= 4 is 28.0 Å². The Bertz CT molecular complexity index is 650. The molecule has 4 heteroatoms. The van der Waals surface area contributed by atoms with Gasteiger partial charge in [0.1, 0.15) is 11.7 Å². The second kappa shape index (κ2) is 4.71. The predicted molar refractivity (Wildman–Crippen MR) is 75.8 cm³/mol. The van der Waals surface area contributed by atoms with Crippen molar-refractivity contribution in [3.8, 4) is 0 Å². The fourth-order valence-corrected chi connectivity index (χ4v) is 1.92. The Hall–Kier alpha value is -2.62. The van der Waals surface area contributed by atoms with E-state index in [0.29, 0.717) is 5.57 Å². The Balaban J connectivity index is 2.73. The van der Waals surface area contributed by atoms with E-state index >= 15 is 0 Å². The fourth-order valence-electron chi connectivity index (χ4n) is 1.92. The van der Waals surface area contributed by atoms with Crippen LogP contribution in [0.1, 0.15) is 5.56 Å². The van der Waals surface area contributed by atoms with Gasteiger partial charge in [-0.1, -0.05) is 42.5 Å². The molecule has 0 aromatic heterocycles. The van der Waals surface area contributed by atoms with Crippen molar-refractivity contribution in [3.05, 3.63) is 54.1 Å². The number of rotatable bonds is 3. The quantitative estimate of drug-likeness (QED) is 0.486. The third-order valence-electron chi connectivity index (χ3n) is 2.67. The lowest BCUT2D eigenvalue weighted by molar-refractivity contribution is 1.44. The minimum atomic E-state index is -0.117. The zero-order valence-electron chi connectivity index (χ0n) is 9.77. The molecule has 0 saturated carbocycles. The largest absolute Gasteiger partial charge is 0.384 e. The van der Waals surface area contributed by atoms with Crippen LogP contribution < -0.4 is 11.5 Å². The Morgan fingerprint density at radius 2 is 1.61 bits per heavy atom. The lowest BCUT2D eigenvalue weighted by Crippen LogP contribution is -2.16. The van der Waals surface area contributed by atoms with Crippen LogP contribution in [0.25, 0.3) is 16.3 Å². The van der Waals surface area contributed by atoms with E-state index in [2.05, 4.69) is 0 Å². The Labute approximate surface area is 105 Å². The van der Waals surface area contributed by atoms with Gasteiger partial charge >= 0.3 is 0 Å². The Morgan fingerprint density at radius 3 is 2.28 bits per heavy atom. The summed E-state index contributed by atoms with van der Waals surface area (Å²) in [6.45, 7) is 0. The lowest BCUT2D eigenvalue weighted by atomic mass is 9.97. The number of hydrogen-bond acceptors (Lipinski definition) is 2. The summed E-state index contributed by atoms with van der Waals surface area (Å²) in [7, 11) is 0. The maximum Gasteiger partial charge on any atom is 0.123 e. The molecule has 18 heavy (non-hydrogen) atoms. The first kappa shape index (κ1) is 11.9. The number of amidine groups is 2. The summed E-state index contributed by atoms with van der Waals surface area (Å²) >= 11 is 0. The summed E-state index contributed by atoms with van der Waals surface area (Å²) in [5.74, 6) is -0.213. The van der Waals surface area contributed by atoms with E-state index in [1.165, 1.54) is 6.08 Å². The van der Waals surface area contributed by atoms with E-state index in [-0.39, 0.29) is 11.7 Å². The van der Waals surface area contributed by atoms with Crippen molar-refractivity contribution in [2.24, 2.45) is 11.5 Å². The molecule has 90 valence electrons. The molecule has 2 aromatic rings. The first-order valence-corrected chi connectivity index (χ1v) is 5.48. The first-order valence-electron chi connectivity index (χ1n) is 5.48. The molecule has 0 atom stereocenters. The third-order valence-corrected chi connectivity index (χ3v) is 2.67. The van der Waals surface area contributed by atoms with Gasteiger partial charge in [-0.15, -0.1) is 0 Å². The third kappa shape index (κ3) is 2.22. The molecule has 0 spiro atoms. The van der Waals surface area contributed by atoms with Crippen LogP contribution in [0.3, 0.4) is 0 Å². The van der Waals surface area contributed by atoms with E-state index in [0.717, 1.165) is 16.3 Å². The molecule has 0 aliphatic heterocycles. The molecule has 0 radical (unpaired) electrons. The monoisotopic (exact) mass is 238 g/mol. The second-order valence-electron chi connectivity index (χ2n) is 3.95. The van der Waals surface area contributed by atoms with E-state index in [9.17, 15) is 0 Å². The van der Waals surface area contributed by atoms with E-state index in [1.54, 1.807) is 0 Å². The molecular weight excluding hydrogens is 224 g/mol. The van der Waals surface area contributed by atoms with Gasteiger partial charge in [-0.25, -0.2) is 0 Å². The van der Waals surface area contributed by atoms with Gasteiger partial charge in [-0.2, -0.15) is 0 Å². The van der Waals surface area contributed by atoms with Crippen molar-refractivity contribution in [1.29, 1.82) is 10.8 Å². The SMILES string of the molecule is N=C(N)/C=C(\C(=N)N)c1cccc2ccccc12. The second-order valence-corrected chi connectivity index (χ2v) is 3.95. The fraction of sp³-hybridized carbons (Fsp3) is 0. The lowest BCUT2D eigenvalue weighted by Gasteiger charge is -2.09. The van der Waals surface area contributed by atoms with Gasteiger partial charge in [0.2, 0.25) is 0 Å². The summed E-state index contributed by atoms with van der Waals surface area (Å²) in [4.78, 5) is 0. The number of nitrogens with one attached hydrogen (secondary N) is 2. The molecule has 0 bridgehead atoms. The molecule has 2 rings (SSSR count). The van der Waals surface area contributed by atoms with Crippen LogP contribution in [0.4, 0.5) is 0 Å². The Kier molecular flexibility index (Phi) is 3.10.